The Morgan fingerprint density at radius 2 is 1.93 bits per heavy atom. The van der Waals surface area contributed by atoms with E-state index in [1.165, 1.54) is 12.3 Å². The molecule has 0 aliphatic heterocycles. The average molecular weight is 645 g/mol. The molecule has 0 unspecified atom stereocenters. The normalized spacial score (nSPS) is 12.2. The van der Waals surface area contributed by atoms with Crippen LogP contribution in [0.4, 0.5) is 16.0 Å². The fraction of sp³-hybridized carbons (Fsp3) is 0.357. The van der Waals surface area contributed by atoms with Gasteiger partial charge in [-0.3, -0.25) is 0 Å². The van der Waals surface area contributed by atoms with Crippen LogP contribution in [0.1, 0.15) is 25.7 Å². The van der Waals surface area contributed by atoms with E-state index >= 15 is 4.39 Å². The van der Waals surface area contributed by atoms with Gasteiger partial charge in [0.05, 0.1) is 39.8 Å². The second-order valence-corrected chi connectivity index (χ2v) is 18.2. The number of imidazole rings is 1. The van der Waals surface area contributed by atoms with E-state index in [-0.39, 0.29) is 6.04 Å². The summed E-state index contributed by atoms with van der Waals surface area (Å²) in [4.78, 5) is 13.5. The molecular weight excluding hydrogens is 613 g/mol. The Morgan fingerprint density at radius 3 is 2.65 bits per heavy atom. The van der Waals surface area contributed by atoms with Crippen LogP contribution < -0.4 is 5.32 Å². The topological polar surface area (TPSA) is 82.7 Å². The minimum absolute atomic E-state index is 0.113. The van der Waals surface area contributed by atoms with Crippen LogP contribution in [0.15, 0.2) is 41.1 Å². The summed E-state index contributed by atoms with van der Waals surface area (Å²) in [7, 11) is -1.20. The Bertz CT molecular complexity index is 1710. The first-order valence-corrected chi connectivity index (χ1v) is 18.0. The second kappa shape index (κ2) is 11.2. The number of aryl methyl sites for hydroxylation is 1. The number of anilines is 2. The van der Waals surface area contributed by atoms with Crippen molar-refractivity contribution >= 4 is 69.2 Å². The van der Waals surface area contributed by atoms with Crippen molar-refractivity contribution in [2.75, 3.05) is 11.9 Å². The van der Waals surface area contributed by atoms with Gasteiger partial charge in [0.15, 0.2) is 5.82 Å². The molecule has 40 heavy (non-hydrogen) atoms. The first-order valence-electron chi connectivity index (χ1n) is 13.1. The van der Waals surface area contributed by atoms with Crippen LogP contribution in [-0.4, -0.2) is 44.0 Å². The van der Waals surface area contributed by atoms with Gasteiger partial charge in [-0.15, -0.1) is 0 Å². The maximum Gasteiger partial charge on any atom is 0.227 e. The van der Waals surface area contributed by atoms with Crippen molar-refractivity contribution in [3.05, 3.63) is 57.8 Å². The molecule has 1 N–H and O–H groups in total. The maximum atomic E-state index is 15.2. The van der Waals surface area contributed by atoms with E-state index in [2.05, 4.69) is 56.0 Å². The van der Waals surface area contributed by atoms with Gasteiger partial charge < -0.3 is 14.6 Å². The summed E-state index contributed by atoms with van der Waals surface area (Å²) >= 11 is 10.2. The molecule has 0 fully saturated rings. The highest BCUT2D eigenvalue weighted by Crippen LogP contribution is 2.34. The van der Waals surface area contributed by atoms with Crippen molar-refractivity contribution in [3.8, 4) is 11.3 Å². The molecule has 0 aliphatic rings. The molecule has 5 rings (SSSR count). The van der Waals surface area contributed by atoms with Crippen LogP contribution >= 0.6 is 27.5 Å². The molecule has 0 radical (unpaired) electrons. The molecule has 8 nitrogen and oxygen atoms in total. The molecule has 0 saturated carbocycles. The molecule has 5 aromatic rings. The molecule has 3 heterocycles. The highest BCUT2D eigenvalue weighted by molar-refractivity contribution is 9.10. The quantitative estimate of drug-likeness (QED) is 0.128. The highest BCUT2D eigenvalue weighted by Gasteiger charge is 2.19. The molecule has 3 aromatic heterocycles. The molecule has 0 spiro atoms. The number of rotatable bonds is 9. The zero-order valence-electron chi connectivity index (χ0n) is 23.4. The van der Waals surface area contributed by atoms with E-state index < -0.39 is 13.9 Å². The Labute approximate surface area is 247 Å². The van der Waals surface area contributed by atoms with E-state index in [0.717, 1.165) is 32.9 Å². The molecule has 0 atom stereocenters. The minimum atomic E-state index is -1.20. The van der Waals surface area contributed by atoms with Crippen molar-refractivity contribution < 1.29 is 9.13 Å². The smallest absolute Gasteiger partial charge is 0.227 e. The molecule has 12 heteroatoms. The van der Waals surface area contributed by atoms with Crippen molar-refractivity contribution in [2.24, 2.45) is 0 Å². The van der Waals surface area contributed by atoms with Crippen LogP contribution in [0, 0.1) is 12.7 Å². The first-order chi connectivity index (χ1) is 18.9. The summed E-state index contributed by atoms with van der Waals surface area (Å²) in [6, 6.07) is 8.36. The van der Waals surface area contributed by atoms with Gasteiger partial charge in [-0.05, 0) is 51.1 Å². The molecule has 0 amide bonds. The fourth-order valence-corrected chi connectivity index (χ4v) is 6.08. The number of nitrogens with zero attached hydrogens (tertiary/aromatic N) is 6. The summed E-state index contributed by atoms with van der Waals surface area (Å²) in [6.45, 7) is 13.9. The van der Waals surface area contributed by atoms with E-state index in [4.69, 9.17) is 21.3 Å². The zero-order chi connectivity index (χ0) is 28.8. The lowest BCUT2D eigenvalue weighted by Gasteiger charge is -2.16. The van der Waals surface area contributed by atoms with Gasteiger partial charge in [-0.25, -0.2) is 24.0 Å². The molecule has 0 bridgehead atoms. The Morgan fingerprint density at radius 1 is 1.15 bits per heavy atom. The third-order valence-corrected chi connectivity index (χ3v) is 9.34. The second-order valence-electron chi connectivity index (χ2n) is 11.3. The summed E-state index contributed by atoms with van der Waals surface area (Å²) in [6.07, 6.45) is 3.32. The molecule has 2 aromatic carbocycles. The van der Waals surface area contributed by atoms with Crippen LogP contribution in [0.2, 0.25) is 30.7 Å². The lowest BCUT2D eigenvalue weighted by Crippen LogP contribution is -2.22. The number of ether oxygens (including phenoxy) is 1. The number of fused-ring (bicyclic) bond motifs is 2. The van der Waals surface area contributed by atoms with E-state index in [1.54, 1.807) is 6.20 Å². The van der Waals surface area contributed by atoms with Crippen molar-refractivity contribution in [2.45, 2.75) is 59.2 Å². The summed E-state index contributed by atoms with van der Waals surface area (Å²) in [5, 5.41) is 9.12. The molecule has 0 saturated heterocycles. The lowest BCUT2D eigenvalue weighted by molar-refractivity contribution is 0.0817. The standard InChI is InChI=1S/C28H32BrClFN7OSi/c1-16(2)38-17(3)34-26-22(31)11-18(12-24(26)38)25-21(30)14-32-28(36-25)35-23-8-7-20(29)19-13-33-37(27(19)23)15-39-9-10-40(4,5)6/h7-8,11-14,16H,9-10,15H2,1-6H3,(H,32,35,36). The van der Waals surface area contributed by atoms with Gasteiger partial charge in [0.2, 0.25) is 5.95 Å². The van der Waals surface area contributed by atoms with Gasteiger partial charge in [-0.1, -0.05) is 47.2 Å². The molecular formula is C28H32BrClFN7OSi. The van der Waals surface area contributed by atoms with Gasteiger partial charge in [-0.2, -0.15) is 5.10 Å². The van der Waals surface area contributed by atoms with Crippen LogP contribution in [-0.2, 0) is 11.5 Å². The SMILES string of the molecule is Cc1nc2c(F)cc(-c3nc(Nc4ccc(Br)c5cnn(COCC[Si](C)(C)C)c45)ncc3Cl)cc2n1C(C)C. The molecule has 0 aliphatic carbocycles. The van der Waals surface area contributed by atoms with Crippen molar-refractivity contribution in [1.82, 2.24) is 29.3 Å². The predicted octanol–water partition coefficient (Wildman–Crippen LogP) is 8.34. The monoisotopic (exact) mass is 643 g/mol. The van der Waals surface area contributed by atoms with Crippen LogP contribution in [0.25, 0.3) is 33.2 Å². The van der Waals surface area contributed by atoms with Crippen molar-refractivity contribution in [3.63, 3.8) is 0 Å². The van der Waals surface area contributed by atoms with Gasteiger partial charge >= 0.3 is 0 Å². The number of halogens is 3. The first kappa shape index (κ1) is 28.7. The Balaban J connectivity index is 1.50. The summed E-state index contributed by atoms with van der Waals surface area (Å²) < 4.78 is 25.9. The van der Waals surface area contributed by atoms with Gasteiger partial charge in [0, 0.05) is 36.1 Å². The van der Waals surface area contributed by atoms with Crippen molar-refractivity contribution in [1.29, 1.82) is 0 Å². The third kappa shape index (κ3) is 5.78. The Kier molecular flexibility index (Phi) is 8.02. The summed E-state index contributed by atoms with van der Waals surface area (Å²) in [5.74, 6) is 0.647. The van der Waals surface area contributed by atoms with Crippen LogP contribution in [0.5, 0.6) is 0 Å². The Hall–Kier alpha value is -2.86. The summed E-state index contributed by atoms with van der Waals surface area (Å²) in [5.41, 5.74) is 3.60. The highest BCUT2D eigenvalue weighted by atomic mass is 79.9. The third-order valence-electron chi connectivity index (χ3n) is 6.66. The van der Waals surface area contributed by atoms with Gasteiger partial charge in [0.1, 0.15) is 18.1 Å². The van der Waals surface area contributed by atoms with E-state index in [0.29, 0.717) is 46.6 Å². The fourth-order valence-electron chi connectivity index (χ4n) is 4.71. The van der Waals surface area contributed by atoms with E-state index in [1.807, 2.05) is 48.2 Å². The maximum absolute atomic E-state index is 15.2. The zero-order valence-corrected chi connectivity index (χ0v) is 26.7. The lowest BCUT2D eigenvalue weighted by atomic mass is 10.1. The van der Waals surface area contributed by atoms with Gasteiger partial charge in [0.25, 0.3) is 0 Å². The number of hydrogen-bond donors (Lipinski definition) is 1. The number of aromatic nitrogens is 6. The number of hydrogen-bond acceptors (Lipinski definition) is 6. The van der Waals surface area contributed by atoms with Crippen LogP contribution in [0.3, 0.4) is 0 Å². The number of benzene rings is 2. The largest absolute Gasteiger partial charge is 0.360 e. The van der Waals surface area contributed by atoms with E-state index in [9.17, 15) is 0 Å². The predicted molar refractivity (Wildman–Crippen MR) is 166 cm³/mol. The minimum Gasteiger partial charge on any atom is -0.360 e. The molecule has 210 valence electrons. The average Bonchev–Trinajstić information content (AvgIpc) is 3.46. The number of nitrogens with one attached hydrogen (secondary N) is 1.